The molecule has 20 heavy (non-hydrogen) atoms. The predicted octanol–water partition coefficient (Wildman–Crippen LogP) is 4.57. The van der Waals surface area contributed by atoms with Crippen LogP contribution in [0.3, 0.4) is 0 Å². The van der Waals surface area contributed by atoms with E-state index >= 15 is 0 Å². The zero-order chi connectivity index (χ0) is 15.1. The number of hydrogen-bond acceptors (Lipinski definition) is 2. The number of nitrogens with one attached hydrogen (secondary N) is 1. The van der Waals surface area contributed by atoms with Crippen molar-refractivity contribution in [2.75, 3.05) is 25.0 Å². The average molecular weight is 297 g/mol. The van der Waals surface area contributed by atoms with E-state index in [9.17, 15) is 0 Å². The normalized spacial score (nSPS) is 12.8. The maximum atomic E-state index is 6.39. The van der Waals surface area contributed by atoms with Crippen molar-refractivity contribution in [1.29, 1.82) is 0 Å². The first-order chi connectivity index (χ1) is 9.45. The highest BCUT2D eigenvalue weighted by Gasteiger charge is 2.12. The molecule has 1 rings (SSSR count). The van der Waals surface area contributed by atoms with Gasteiger partial charge in [0.05, 0.1) is 0 Å². The fraction of sp³-hybridized carbons (Fsp3) is 0.647. The van der Waals surface area contributed by atoms with Crippen molar-refractivity contribution < 1.29 is 0 Å². The molecule has 0 aliphatic rings. The second kappa shape index (κ2) is 8.53. The van der Waals surface area contributed by atoms with Crippen LogP contribution >= 0.6 is 11.6 Å². The van der Waals surface area contributed by atoms with Gasteiger partial charge in [-0.25, -0.2) is 0 Å². The minimum atomic E-state index is 0.652. The highest BCUT2D eigenvalue weighted by Crippen LogP contribution is 2.27. The van der Waals surface area contributed by atoms with Crippen molar-refractivity contribution in [3.8, 4) is 0 Å². The van der Waals surface area contributed by atoms with E-state index in [-0.39, 0.29) is 0 Å². The Labute approximate surface area is 129 Å². The molecule has 0 saturated heterocycles. The van der Waals surface area contributed by atoms with Crippen LogP contribution in [0.2, 0.25) is 5.02 Å². The van der Waals surface area contributed by atoms with Gasteiger partial charge in [0.2, 0.25) is 0 Å². The van der Waals surface area contributed by atoms with Gasteiger partial charge < -0.3 is 10.2 Å². The standard InChI is InChI=1S/C17H29ClN2/c1-6-14(4)12-20(5)17-9-7-8-16(18)15(17)11-19-10-13(2)3/h7-9,13-14,19H,6,10-12H2,1-5H3. The zero-order valence-corrected chi connectivity index (χ0v) is 14.3. The van der Waals surface area contributed by atoms with Crippen molar-refractivity contribution >= 4 is 17.3 Å². The molecule has 0 spiro atoms. The summed E-state index contributed by atoms with van der Waals surface area (Å²) in [4.78, 5) is 2.33. The van der Waals surface area contributed by atoms with E-state index in [1.165, 1.54) is 17.7 Å². The van der Waals surface area contributed by atoms with Gasteiger partial charge >= 0.3 is 0 Å². The summed E-state index contributed by atoms with van der Waals surface area (Å²) in [5.74, 6) is 1.34. The Kier molecular flexibility index (Phi) is 7.39. The van der Waals surface area contributed by atoms with Gasteiger partial charge in [-0.15, -0.1) is 0 Å². The first-order valence-corrected chi connectivity index (χ1v) is 8.02. The summed E-state index contributed by atoms with van der Waals surface area (Å²) < 4.78 is 0. The van der Waals surface area contributed by atoms with E-state index < -0.39 is 0 Å². The van der Waals surface area contributed by atoms with E-state index in [2.05, 4.69) is 51.0 Å². The van der Waals surface area contributed by atoms with Crippen LogP contribution in [-0.4, -0.2) is 20.1 Å². The first-order valence-electron chi connectivity index (χ1n) is 7.64. The summed E-state index contributed by atoms with van der Waals surface area (Å²) >= 11 is 6.39. The lowest BCUT2D eigenvalue weighted by Gasteiger charge is -2.26. The lowest BCUT2D eigenvalue weighted by Crippen LogP contribution is -2.26. The van der Waals surface area contributed by atoms with E-state index in [1.54, 1.807) is 0 Å². The van der Waals surface area contributed by atoms with Crippen molar-refractivity contribution in [1.82, 2.24) is 5.32 Å². The third kappa shape index (κ3) is 5.34. The van der Waals surface area contributed by atoms with Crippen LogP contribution in [0, 0.1) is 11.8 Å². The predicted molar refractivity (Wildman–Crippen MR) is 90.7 cm³/mol. The van der Waals surface area contributed by atoms with E-state index in [0.717, 1.165) is 24.7 Å². The van der Waals surface area contributed by atoms with E-state index in [1.807, 2.05) is 12.1 Å². The molecular formula is C17H29ClN2. The molecule has 0 saturated carbocycles. The summed E-state index contributed by atoms with van der Waals surface area (Å²) in [6, 6.07) is 6.19. The Morgan fingerprint density at radius 1 is 1.25 bits per heavy atom. The smallest absolute Gasteiger partial charge is 0.0471 e. The third-order valence-corrected chi connectivity index (χ3v) is 4.00. The monoisotopic (exact) mass is 296 g/mol. The van der Waals surface area contributed by atoms with Crippen LogP contribution in [0.4, 0.5) is 5.69 Å². The summed E-state index contributed by atoms with van der Waals surface area (Å²) in [5.41, 5.74) is 2.45. The van der Waals surface area contributed by atoms with Crippen LogP contribution in [0.1, 0.15) is 39.7 Å². The van der Waals surface area contributed by atoms with Gasteiger partial charge in [0.25, 0.3) is 0 Å². The summed E-state index contributed by atoms with van der Waals surface area (Å²) in [6.07, 6.45) is 1.20. The minimum absolute atomic E-state index is 0.652. The molecule has 1 unspecified atom stereocenters. The number of rotatable bonds is 8. The molecule has 1 N–H and O–H groups in total. The first kappa shape index (κ1) is 17.3. The minimum Gasteiger partial charge on any atom is -0.374 e. The summed E-state index contributed by atoms with van der Waals surface area (Å²) in [7, 11) is 2.16. The highest BCUT2D eigenvalue weighted by molar-refractivity contribution is 6.31. The molecule has 2 nitrogen and oxygen atoms in total. The Balaban J connectivity index is 2.81. The lowest BCUT2D eigenvalue weighted by molar-refractivity contribution is 0.546. The fourth-order valence-corrected chi connectivity index (χ4v) is 2.50. The maximum absolute atomic E-state index is 6.39. The van der Waals surface area contributed by atoms with Gasteiger partial charge in [-0.2, -0.15) is 0 Å². The number of benzene rings is 1. The highest BCUT2D eigenvalue weighted by atomic mass is 35.5. The van der Waals surface area contributed by atoms with E-state index in [0.29, 0.717) is 11.8 Å². The quantitative estimate of drug-likeness (QED) is 0.756. The topological polar surface area (TPSA) is 15.3 Å². The average Bonchev–Trinajstić information content (AvgIpc) is 2.39. The molecule has 0 amide bonds. The molecule has 114 valence electrons. The molecule has 0 radical (unpaired) electrons. The molecule has 0 fully saturated rings. The molecule has 1 atom stereocenters. The molecule has 0 aliphatic heterocycles. The van der Waals surface area contributed by atoms with E-state index in [4.69, 9.17) is 11.6 Å². The summed E-state index contributed by atoms with van der Waals surface area (Å²) in [6.45, 7) is 11.9. The van der Waals surface area contributed by atoms with Crippen LogP contribution in [0.25, 0.3) is 0 Å². The number of halogens is 1. The van der Waals surface area contributed by atoms with Crippen molar-refractivity contribution in [2.45, 2.75) is 40.7 Å². The molecule has 3 heteroatoms. The number of anilines is 1. The largest absolute Gasteiger partial charge is 0.374 e. The zero-order valence-electron chi connectivity index (χ0n) is 13.5. The van der Waals surface area contributed by atoms with Crippen molar-refractivity contribution in [3.05, 3.63) is 28.8 Å². The van der Waals surface area contributed by atoms with Crippen LogP contribution in [0.5, 0.6) is 0 Å². The van der Waals surface area contributed by atoms with Gasteiger partial charge in [-0.05, 0) is 30.5 Å². The Hall–Kier alpha value is -0.730. The summed E-state index contributed by atoms with van der Waals surface area (Å²) in [5, 5.41) is 4.35. The Bertz CT molecular complexity index is 404. The van der Waals surface area contributed by atoms with Gasteiger partial charge in [0, 0.05) is 36.4 Å². The van der Waals surface area contributed by atoms with Crippen LogP contribution in [0.15, 0.2) is 18.2 Å². The fourth-order valence-electron chi connectivity index (χ4n) is 2.26. The lowest BCUT2D eigenvalue weighted by atomic mass is 10.1. The van der Waals surface area contributed by atoms with Gasteiger partial charge in [0.1, 0.15) is 0 Å². The maximum Gasteiger partial charge on any atom is 0.0471 e. The Morgan fingerprint density at radius 3 is 2.55 bits per heavy atom. The van der Waals surface area contributed by atoms with Crippen LogP contribution in [-0.2, 0) is 6.54 Å². The van der Waals surface area contributed by atoms with Crippen molar-refractivity contribution in [3.63, 3.8) is 0 Å². The second-order valence-electron chi connectivity index (χ2n) is 6.16. The molecule has 0 aliphatic carbocycles. The van der Waals surface area contributed by atoms with Crippen molar-refractivity contribution in [2.24, 2.45) is 11.8 Å². The third-order valence-electron chi connectivity index (χ3n) is 3.64. The van der Waals surface area contributed by atoms with Gasteiger partial charge in [-0.1, -0.05) is 51.8 Å². The van der Waals surface area contributed by atoms with Gasteiger partial charge in [-0.3, -0.25) is 0 Å². The number of hydrogen-bond donors (Lipinski definition) is 1. The molecule has 1 aromatic carbocycles. The Morgan fingerprint density at radius 2 is 1.95 bits per heavy atom. The number of nitrogens with zero attached hydrogens (tertiary/aromatic N) is 1. The molecule has 0 heterocycles. The van der Waals surface area contributed by atoms with Crippen LogP contribution < -0.4 is 10.2 Å². The molecular weight excluding hydrogens is 268 g/mol. The SMILES string of the molecule is CCC(C)CN(C)c1cccc(Cl)c1CNCC(C)C. The van der Waals surface area contributed by atoms with Gasteiger partial charge in [0.15, 0.2) is 0 Å². The molecule has 0 aromatic heterocycles. The second-order valence-corrected chi connectivity index (χ2v) is 6.56. The molecule has 1 aromatic rings. The molecule has 0 bridgehead atoms.